The zero-order chi connectivity index (χ0) is 22.7. The van der Waals surface area contributed by atoms with Gasteiger partial charge in [-0.05, 0) is 59.5 Å². The standard InChI is InChI=1S/C25H21ClF3NO2/c26-19-8-3-16(4-9-19)15-32-25(18-7-12-21(28)22(29)14-18)24(30-13-1-2-23(30)31)17-5-10-20(27)11-6-17/h3-12,14,24-25H,1-2,13,15H2/t24-,25+/m1/s1. The molecule has 1 amide bonds. The predicted molar refractivity (Wildman–Crippen MR) is 115 cm³/mol. The molecule has 0 saturated carbocycles. The fraction of sp³-hybridized carbons (Fsp3) is 0.240. The first-order valence-corrected chi connectivity index (χ1v) is 10.7. The van der Waals surface area contributed by atoms with Gasteiger partial charge in [-0.25, -0.2) is 13.2 Å². The minimum absolute atomic E-state index is 0.0676. The van der Waals surface area contributed by atoms with Gasteiger partial charge in [-0.1, -0.05) is 41.9 Å². The Labute approximate surface area is 189 Å². The lowest BCUT2D eigenvalue weighted by Crippen LogP contribution is -2.35. The Morgan fingerprint density at radius 2 is 1.59 bits per heavy atom. The maximum absolute atomic E-state index is 14.1. The molecule has 166 valence electrons. The van der Waals surface area contributed by atoms with Gasteiger partial charge in [0.1, 0.15) is 11.9 Å². The molecule has 7 heteroatoms. The molecular weight excluding hydrogens is 439 g/mol. The molecular formula is C25H21ClF3NO2. The second-order valence-electron chi connectivity index (χ2n) is 7.72. The highest BCUT2D eigenvalue weighted by Crippen LogP contribution is 2.40. The number of likely N-dealkylation sites (tertiary alicyclic amines) is 1. The summed E-state index contributed by atoms with van der Waals surface area (Å²) in [5.41, 5.74) is 1.85. The van der Waals surface area contributed by atoms with E-state index in [1.165, 1.54) is 18.2 Å². The van der Waals surface area contributed by atoms with Gasteiger partial charge in [0.25, 0.3) is 0 Å². The van der Waals surface area contributed by atoms with Crippen LogP contribution in [0, 0.1) is 17.5 Å². The highest BCUT2D eigenvalue weighted by atomic mass is 35.5. The summed E-state index contributed by atoms with van der Waals surface area (Å²) in [5.74, 6) is -2.46. The molecule has 3 aromatic rings. The Balaban J connectivity index is 1.75. The minimum atomic E-state index is -1.01. The van der Waals surface area contributed by atoms with E-state index in [-0.39, 0.29) is 12.5 Å². The second kappa shape index (κ2) is 9.76. The van der Waals surface area contributed by atoms with Crippen LogP contribution in [0.3, 0.4) is 0 Å². The molecule has 1 aliphatic rings. The molecule has 0 aromatic heterocycles. The molecule has 0 bridgehead atoms. The molecule has 2 atom stereocenters. The van der Waals surface area contributed by atoms with Crippen molar-refractivity contribution in [1.29, 1.82) is 0 Å². The highest BCUT2D eigenvalue weighted by Gasteiger charge is 2.36. The van der Waals surface area contributed by atoms with E-state index in [4.69, 9.17) is 16.3 Å². The van der Waals surface area contributed by atoms with Gasteiger partial charge < -0.3 is 9.64 Å². The van der Waals surface area contributed by atoms with Crippen molar-refractivity contribution < 1.29 is 22.7 Å². The second-order valence-corrected chi connectivity index (χ2v) is 8.16. The molecule has 3 aromatic carbocycles. The van der Waals surface area contributed by atoms with Crippen molar-refractivity contribution >= 4 is 17.5 Å². The number of hydrogen-bond acceptors (Lipinski definition) is 2. The van der Waals surface area contributed by atoms with Crippen molar-refractivity contribution in [2.45, 2.75) is 31.6 Å². The Kier molecular flexibility index (Phi) is 6.82. The van der Waals surface area contributed by atoms with Gasteiger partial charge >= 0.3 is 0 Å². The summed E-state index contributed by atoms with van der Waals surface area (Å²) in [5, 5.41) is 0.581. The van der Waals surface area contributed by atoms with E-state index in [1.807, 2.05) is 0 Å². The lowest BCUT2D eigenvalue weighted by atomic mass is 9.94. The van der Waals surface area contributed by atoms with Gasteiger partial charge in [0.2, 0.25) is 5.91 Å². The predicted octanol–water partition coefficient (Wildman–Crippen LogP) is 6.38. The van der Waals surface area contributed by atoms with Crippen molar-refractivity contribution in [3.8, 4) is 0 Å². The third-order valence-electron chi connectivity index (χ3n) is 5.56. The van der Waals surface area contributed by atoms with E-state index in [9.17, 15) is 18.0 Å². The summed E-state index contributed by atoms with van der Waals surface area (Å²) in [6, 6.07) is 15.8. The van der Waals surface area contributed by atoms with Crippen LogP contribution in [0.2, 0.25) is 5.02 Å². The van der Waals surface area contributed by atoms with E-state index in [1.54, 1.807) is 41.3 Å². The first kappa shape index (κ1) is 22.4. The quantitative estimate of drug-likeness (QED) is 0.410. The van der Waals surface area contributed by atoms with Gasteiger partial charge in [0, 0.05) is 18.0 Å². The zero-order valence-electron chi connectivity index (χ0n) is 17.1. The summed E-state index contributed by atoms with van der Waals surface area (Å²) in [7, 11) is 0. The fourth-order valence-electron chi connectivity index (χ4n) is 3.97. The number of carbonyl (C=O) groups is 1. The van der Waals surface area contributed by atoms with Crippen molar-refractivity contribution in [2.75, 3.05) is 6.54 Å². The average molecular weight is 460 g/mol. The molecule has 1 heterocycles. The van der Waals surface area contributed by atoms with Gasteiger partial charge in [0.15, 0.2) is 11.6 Å². The number of nitrogens with zero attached hydrogens (tertiary/aromatic N) is 1. The number of benzene rings is 3. The van der Waals surface area contributed by atoms with Crippen molar-refractivity contribution in [1.82, 2.24) is 4.90 Å². The van der Waals surface area contributed by atoms with Crippen LogP contribution < -0.4 is 0 Å². The van der Waals surface area contributed by atoms with Crippen LogP contribution in [-0.4, -0.2) is 17.4 Å². The lowest BCUT2D eigenvalue weighted by Gasteiger charge is -2.35. The van der Waals surface area contributed by atoms with Gasteiger partial charge in [-0.3, -0.25) is 4.79 Å². The maximum Gasteiger partial charge on any atom is 0.223 e. The summed E-state index contributed by atoms with van der Waals surface area (Å²) in [6.07, 6.45) is 0.255. The topological polar surface area (TPSA) is 29.5 Å². The molecule has 1 saturated heterocycles. The third-order valence-corrected chi connectivity index (χ3v) is 5.81. The van der Waals surface area contributed by atoms with E-state index in [0.29, 0.717) is 35.5 Å². The van der Waals surface area contributed by atoms with Crippen LogP contribution in [0.1, 0.15) is 41.7 Å². The van der Waals surface area contributed by atoms with Gasteiger partial charge in [-0.15, -0.1) is 0 Å². The van der Waals surface area contributed by atoms with Crippen LogP contribution in [-0.2, 0) is 16.1 Å². The van der Waals surface area contributed by atoms with Crippen molar-refractivity contribution in [3.05, 3.63) is 106 Å². The SMILES string of the molecule is O=C1CCCN1[C@H](c1ccc(F)cc1)[C@@H](OCc1ccc(Cl)cc1)c1ccc(F)c(F)c1. The molecule has 0 spiro atoms. The first-order valence-electron chi connectivity index (χ1n) is 10.3. The fourth-order valence-corrected chi connectivity index (χ4v) is 4.09. The van der Waals surface area contributed by atoms with Crippen LogP contribution in [0.4, 0.5) is 13.2 Å². The summed E-state index contributed by atoms with van der Waals surface area (Å²) < 4.78 is 47.6. The van der Waals surface area contributed by atoms with Crippen molar-refractivity contribution in [2.24, 2.45) is 0 Å². The monoisotopic (exact) mass is 459 g/mol. The van der Waals surface area contributed by atoms with Gasteiger partial charge in [0.05, 0.1) is 12.6 Å². The first-order chi connectivity index (χ1) is 15.4. The number of carbonyl (C=O) groups excluding carboxylic acids is 1. The Bertz CT molecular complexity index is 1090. The van der Waals surface area contributed by atoms with Crippen LogP contribution in [0.25, 0.3) is 0 Å². The zero-order valence-corrected chi connectivity index (χ0v) is 17.9. The number of amides is 1. The Morgan fingerprint density at radius 1 is 0.906 bits per heavy atom. The van der Waals surface area contributed by atoms with E-state index < -0.39 is 29.6 Å². The molecule has 0 aliphatic carbocycles. The van der Waals surface area contributed by atoms with Crippen LogP contribution >= 0.6 is 11.6 Å². The smallest absolute Gasteiger partial charge is 0.223 e. The summed E-state index contributed by atoms with van der Waals surface area (Å²) >= 11 is 5.96. The molecule has 1 aliphatic heterocycles. The normalized spacial score (nSPS) is 15.8. The number of hydrogen-bond donors (Lipinski definition) is 0. The molecule has 3 nitrogen and oxygen atoms in total. The van der Waals surface area contributed by atoms with E-state index in [2.05, 4.69) is 0 Å². The van der Waals surface area contributed by atoms with E-state index in [0.717, 1.165) is 17.7 Å². The molecule has 0 unspecified atom stereocenters. The van der Waals surface area contributed by atoms with Crippen LogP contribution in [0.15, 0.2) is 66.7 Å². The van der Waals surface area contributed by atoms with Gasteiger partial charge in [-0.2, -0.15) is 0 Å². The minimum Gasteiger partial charge on any atom is -0.366 e. The third kappa shape index (κ3) is 4.97. The average Bonchev–Trinajstić information content (AvgIpc) is 3.20. The molecule has 0 N–H and O–H groups in total. The van der Waals surface area contributed by atoms with E-state index >= 15 is 0 Å². The molecule has 0 radical (unpaired) electrons. The lowest BCUT2D eigenvalue weighted by molar-refractivity contribution is -0.134. The Hall–Kier alpha value is -2.83. The summed E-state index contributed by atoms with van der Waals surface area (Å²) in [6.45, 7) is 0.645. The number of ether oxygens (including phenoxy) is 1. The molecule has 32 heavy (non-hydrogen) atoms. The highest BCUT2D eigenvalue weighted by molar-refractivity contribution is 6.30. The number of halogens is 4. The molecule has 1 fully saturated rings. The maximum atomic E-state index is 14.1. The largest absolute Gasteiger partial charge is 0.366 e. The Morgan fingerprint density at radius 3 is 2.22 bits per heavy atom. The molecule has 4 rings (SSSR count). The van der Waals surface area contributed by atoms with Crippen LogP contribution in [0.5, 0.6) is 0 Å². The number of rotatable bonds is 7. The van der Waals surface area contributed by atoms with Crippen molar-refractivity contribution in [3.63, 3.8) is 0 Å². The summed E-state index contributed by atoms with van der Waals surface area (Å²) in [4.78, 5) is 14.3.